The van der Waals surface area contributed by atoms with Crippen molar-refractivity contribution in [3.05, 3.63) is 99.0 Å². The summed E-state index contributed by atoms with van der Waals surface area (Å²) in [7, 11) is 0. The fraction of sp³-hybridized carbons (Fsp3) is 0.310. The van der Waals surface area contributed by atoms with Crippen LogP contribution in [0.1, 0.15) is 30.5 Å². The molecule has 0 aliphatic heterocycles. The first-order valence-corrected chi connectivity index (χ1v) is 13.1. The van der Waals surface area contributed by atoms with E-state index in [2.05, 4.69) is 21.2 Å². The number of ether oxygens (including phenoxy) is 1. The van der Waals surface area contributed by atoms with Crippen LogP contribution in [-0.4, -0.2) is 35.9 Å². The van der Waals surface area contributed by atoms with Gasteiger partial charge < -0.3 is 15.0 Å². The van der Waals surface area contributed by atoms with Crippen molar-refractivity contribution in [3.63, 3.8) is 0 Å². The van der Waals surface area contributed by atoms with Crippen molar-refractivity contribution < 1.29 is 14.3 Å². The maximum atomic E-state index is 13.6. The molecule has 36 heavy (non-hydrogen) atoms. The van der Waals surface area contributed by atoms with Crippen molar-refractivity contribution in [2.75, 3.05) is 13.2 Å². The molecule has 0 heterocycles. The quantitative estimate of drug-likeness (QED) is 0.298. The van der Waals surface area contributed by atoms with Crippen LogP contribution in [-0.2, 0) is 22.6 Å². The van der Waals surface area contributed by atoms with Crippen LogP contribution < -0.4 is 10.1 Å². The van der Waals surface area contributed by atoms with Crippen LogP contribution in [0.5, 0.6) is 5.75 Å². The van der Waals surface area contributed by atoms with E-state index in [9.17, 15) is 9.59 Å². The zero-order valence-corrected chi connectivity index (χ0v) is 23.2. The second kappa shape index (κ2) is 13.5. The summed E-state index contributed by atoms with van der Waals surface area (Å²) in [6.45, 7) is 6.71. The van der Waals surface area contributed by atoms with Gasteiger partial charge in [-0.25, -0.2) is 0 Å². The van der Waals surface area contributed by atoms with E-state index in [0.29, 0.717) is 28.2 Å². The summed E-state index contributed by atoms with van der Waals surface area (Å²) in [4.78, 5) is 28.7. The monoisotopic (exact) mass is 570 g/mol. The first-order chi connectivity index (χ1) is 17.2. The SMILES string of the molecule is Cc1ccc(CN(C(=O)COc2ccc(Cl)cc2Br)[C@H](Cc2ccccc2)C(=O)NCC(C)C)cc1. The maximum absolute atomic E-state index is 13.6. The number of aryl methyl sites for hydroxylation is 1. The van der Waals surface area contributed by atoms with Crippen LogP contribution in [0, 0.1) is 12.8 Å². The van der Waals surface area contributed by atoms with Gasteiger partial charge in [0.2, 0.25) is 5.91 Å². The molecule has 0 aliphatic carbocycles. The summed E-state index contributed by atoms with van der Waals surface area (Å²) >= 11 is 9.46. The first-order valence-electron chi connectivity index (χ1n) is 12.0. The maximum Gasteiger partial charge on any atom is 0.261 e. The van der Waals surface area contributed by atoms with Gasteiger partial charge in [-0.05, 0) is 58.1 Å². The van der Waals surface area contributed by atoms with E-state index in [0.717, 1.165) is 16.7 Å². The number of nitrogens with zero attached hydrogens (tertiary/aromatic N) is 1. The minimum Gasteiger partial charge on any atom is -0.483 e. The number of carbonyl (C=O) groups excluding carboxylic acids is 2. The van der Waals surface area contributed by atoms with Gasteiger partial charge in [-0.3, -0.25) is 9.59 Å². The summed E-state index contributed by atoms with van der Waals surface area (Å²) in [6.07, 6.45) is 0.396. The normalized spacial score (nSPS) is 11.7. The number of nitrogens with one attached hydrogen (secondary N) is 1. The van der Waals surface area contributed by atoms with Gasteiger partial charge in [-0.15, -0.1) is 0 Å². The van der Waals surface area contributed by atoms with Gasteiger partial charge >= 0.3 is 0 Å². The zero-order valence-electron chi connectivity index (χ0n) is 20.8. The Kier molecular flexibility index (Phi) is 10.4. The lowest BCUT2D eigenvalue weighted by Crippen LogP contribution is -2.52. The predicted molar refractivity (Wildman–Crippen MR) is 148 cm³/mol. The van der Waals surface area contributed by atoms with E-state index in [-0.39, 0.29) is 30.9 Å². The smallest absolute Gasteiger partial charge is 0.261 e. The molecule has 3 aromatic rings. The second-order valence-corrected chi connectivity index (χ2v) is 10.5. The third-order valence-electron chi connectivity index (χ3n) is 5.67. The molecule has 190 valence electrons. The minimum absolute atomic E-state index is 0.180. The van der Waals surface area contributed by atoms with Gasteiger partial charge in [0.15, 0.2) is 6.61 Å². The van der Waals surface area contributed by atoms with E-state index >= 15 is 0 Å². The van der Waals surface area contributed by atoms with E-state index in [1.807, 2.05) is 75.4 Å². The standard InChI is InChI=1S/C29H32BrClN2O3/c1-20(2)17-32-29(35)26(15-22-7-5-4-6-8-22)33(18-23-11-9-21(3)10-12-23)28(34)19-36-27-14-13-24(31)16-25(27)30/h4-14,16,20,26H,15,17-19H2,1-3H3,(H,32,35)/t26-/m1/s1. The lowest BCUT2D eigenvalue weighted by molar-refractivity contribution is -0.142. The van der Waals surface area contributed by atoms with Crippen molar-refractivity contribution in [1.82, 2.24) is 10.2 Å². The topological polar surface area (TPSA) is 58.6 Å². The highest BCUT2D eigenvalue weighted by Crippen LogP contribution is 2.28. The molecule has 0 bridgehead atoms. The highest BCUT2D eigenvalue weighted by atomic mass is 79.9. The van der Waals surface area contributed by atoms with Gasteiger partial charge in [0.1, 0.15) is 11.8 Å². The number of halogens is 2. The van der Waals surface area contributed by atoms with Gasteiger partial charge in [0.05, 0.1) is 4.47 Å². The Bertz CT molecular complexity index is 1150. The molecule has 0 radical (unpaired) electrons. The Morgan fingerprint density at radius 3 is 2.33 bits per heavy atom. The Labute approximate surface area is 226 Å². The van der Waals surface area contributed by atoms with Crippen molar-refractivity contribution in [2.45, 2.75) is 39.8 Å². The average Bonchev–Trinajstić information content (AvgIpc) is 2.85. The predicted octanol–water partition coefficient (Wildman–Crippen LogP) is 6.20. The minimum atomic E-state index is -0.697. The molecule has 5 nitrogen and oxygen atoms in total. The highest BCUT2D eigenvalue weighted by molar-refractivity contribution is 9.10. The molecule has 0 spiro atoms. The summed E-state index contributed by atoms with van der Waals surface area (Å²) < 4.78 is 6.50. The number of hydrogen-bond acceptors (Lipinski definition) is 3. The third kappa shape index (κ3) is 8.38. The molecule has 1 atom stereocenters. The summed E-state index contributed by atoms with van der Waals surface area (Å²) in [5.74, 6) is 0.337. The summed E-state index contributed by atoms with van der Waals surface area (Å²) in [5, 5.41) is 3.59. The van der Waals surface area contributed by atoms with Gasteiger partial charge in [-0.1, -0.05) is 85.6 Å². The largest absolute Gasteiger partial charge is 0.483 e. The molecule has 0 aliphatic rings. The molecule has 0 saturated carbocycles. The fourth-order valence-electron chi connectivity index (χ4n) is 3.68. The lowest BCUT2D eigenvalue weighted by Gasteiger charge is -2.31. The molecule has 0 unspecified atom stereocenters. The van der Waals surface area contributed by atoms with Crippen LogP contribution in [0.3, 0.4) is 0 Å². The number of rotatable bonds is 11. The zero-order chi connectivity index (χ0) is 26.1. The number of carbonyl (C=O) groups is 2. The van der Waals surface area contributed by atoms with Crippen molar-refractivity contribution in [1.29, 1.82) is 0 Å². The van der Waals surface area contributed by atoms with Crippen LogP contribution >= 0.6 is 27.5 Å². The highest BCUT2D eigenvalue weighted by Gasteiger charge is 2.30. The molecule has 0 saturated heterocycles. The van der Waals surface area contributed by atoms with E-state index in [1.54, 1.807) is 23.1 Å². The Morgan fingerprint density at radius 1 is 1.00 bits per heavy atom. The van der Waals surface area contributed by atoms with Gasteiger partial charge in [0, 0.05) is 24.5 Å². The van der Waals surface area contributed by atoms with E-state index < -0.39 is 6.04 Å². The average molecular weight is 572 g/mol. The Hall–Kier alpha value is -2.83. The van der Waals surface area contributed by atoms with Crippen LogP contribution in [0.25, 0.3) is 0 Å². The Morgan fingerprint density at radius 2 is 1.69 bits per heavy atom. The van der Waals surface area contributed by atoms with Crippen molar-refractivity contribution in [2.24, 2.45) is 5.92 Å². The molecule has 1 N–H and O–H groups in total. The molecular weight excluding hydrogens is 540 g/mol. The lowest BCUT2D eigenvalue weighted by atomic mass is 10.0. The molecule has 2 amide bonds. The second-order valence-electron chi connectivity index (χ2n) is 9.22. The van der Waals surface area contributed by atoms with Gasteiger partial charge in [0.25, 0.3) is 5.91 Å². The number of hydrogen-bond donors (Lipinski definition) is 1. The molecule has 3 aromatic carbocycles. The molecule has 0 aromatic heterocycles. The molecular formula is C29H32BrClN2O3. The Balaban J connectivity index is 1.90. The number of benzene rings is 3. The van der Waals surface area contributed by atoms with Crippen molar-refractivity contribution >= 4 is 39.3 Å². The van der Waals surface area contributed by atoms with Crippen molar-refractivity contribution in [3.8, 4) is 5.75 Å². The van der Waals surface area contributed by atoms with E-state index in [1.165, 1.54) is 0 Å². The molecule has 7 heteroatoms. The van der Waals surface area contributed by atoms with Crippen LogP contribution in [0.4, 0.5) is 0 Å². The summed E-state index contributed by atoms with van der Waals surface area (Å²) in [6, 6.07) is 22.2. The van der Waals surface area contributed by atoms with Gasteiger partial charge in [-0.2, -0.15) is 0 Å². The number of amides is 2. The summed E-state index contributed by atoms with van der Waals surface area (Å²) in [5.41, 5.74) is 3.05. The molecule has 0 fully saturated rings. The third-order valence-corrected chi connectivity index (χ3v) is 6.53. The first kappa shape index (κ1) is 27.8. The molecule has 3 rings (SSSR count). The van der Waals surface area contributed by atoms with Crippen LogP contribution in [0.15, 0.2) is 77.3 Å². The van der Waals surface area contributed by atoms with E-state index in [4.69, 9.17) is 16.3 Å². The van der Waals surface area contributed by atoms with Crippen LogP contribution in [0.2, 0.25) is 5.02 Å². The fourth-order valence-corrected chi connectivity index (χ4v) is 4.48.